The van der Waals surface area contributed by atoms with Gasteiger partial charge >= 0.3 is 5.97 Å². The van der Waals surface area contributed by atoms with E-state index in [2.05, 4.69) is 0 Å². The van der Waals surface area contributed by atoms with E-state index in [-0.39, 0.29) is 28.4 Å². The Morgan fingerprint density at radius 3 is 1.98 bits per heavy atom. The molecule has 59 heavy (non-hydrogen) atoms. The highest BCUT2D eigenvalue weighted by molar-refractivity contribution is 5.88. The maximum atomic E-state index is 14.1. The first-order chi connectivity index (χ1) is 27.9. The Morgan fingerprint density at radius 2 is 1.34 bits per heavy atom. The molecule has 3 saturated heterocycles. The summed E-state index contributed by atoms with van der Waals surface area (Å²) in [5, 5.41) is 124. The summed E-state index contributed by atoms with van der Waals surface area (Å²) < 4.78 is 45.0. The largest absolute Gasteiger partial charge is 0.508 e. The van der Waals surface area contributed by atoms with Crippen LogP contribution in [-0.2, 0) is 28.5 Å². The lowest BCUT2D eigenvalue weighted by molar-refractivity contribution is -0.349. The zero-order valence-electron chi connectivity index (χ0n) is 31.3. The number of phenolic OH excluding ortho intramolecular Hbond substituents is 2. The fourth-order valence-corrected chi connectivity index (χ4v) is 6.64. The Morgan fingerprint density at radius 1 is 0.746 bits per heavy atom. The quantitative estimate of drug-likeness (QED) is 0.0780. The number of aliphatic hydroxyl groups is 10. The number of phenols is 2. The van der Waals surface area contributed by atoms with Gasteiger partial charge in [0.25, 0.3) is 0 Å². The number of ether oxygens (including phenoxy) is 7. The number of esters is 1. The third-order valence-corrected chi connectivity index (χ3v) is 10.2. The smallest absolute Gasteiger partial charge is 0.311 e. The molecule has 0 aliphatic carbocycles. The Hall–Kier alpha value is -4.24. The van der Waals surface area contributed by atoms with E-state index in [4.69, 9.17) is 37.6 Å². The molecule has 2 aromatic carbocycles. The molecule has 1 aromatic heterocycles. The minimum absolute atomic E-state index is 0.117. The van der Waals surface area contributed by atoms with E-state index < -0.39 is 146 Å². The summed E-state index contributed by atoms with van der Waals surface area (Å²) in [7, 11) is 0. The number of aliphatic hydroxyl groups excluding tert-OH is 10. The lowest BCUT2D eigenvalue weighted by Gasteiger charge is -2.45. The average molecular weight is 843 g/mol. The van der Waals surface area contributed by atoms with Crippen LogP contribution in [0.15, 0.2) is 45.6 Å². The van der Waals surface area contributed by atoms with Gasteiger partial charge in [-0.25, -0.2) is 0 Å². The first kappa shape index (κ1) is 44.3. The van der Waals surface area contributed by atoms with Gasteiger partial charge in [0.1, 0.15) is 102 Å². The summed E-state index contributed by atoms with van der Waals surface area (Å²) in [4.78, 5) is 26.2. The fraction of sp³-hybridized carbons (Fsp3) is 0.568. The summed E-state index contributed by atoms with van der Waals surface area (Å²) in [6.07, 6.45) is -25.6. The Labute approximate surface area is 333 Å². The van der Waals surface area contributed by atoms with Crippen molar-refractivity contribution in [2.24, 2.45) is 5.92 Å². The minimum Gasteiger partial charge on any atom is -0.508 e. The highest BCUT2D eigenvalue weighted by atomic mass is 16.7. The van der Waals surface area contributed by atoms with Crippen LogP contribution in [0.5, 0.6) is 23.0 Å². The molecular formula is C37H46O22. The number of benzene rings is 2. The number of rotatable bonds is 12. The van der Waals surface area contributed by atoms with Gasteiger partial charge in [0, 0.05) is 17.7 Å². The van der Waals surface area contributed by atoms with Crippen LogP contribution in [-0.4, -0.2) is 179 Å². The molecule has 22 heteroatoms. The van der Waals surface area contributed by atoms with Gasteiger partial charge in [-0.15, -0.1) is 0 Å². The highest BCUT2D eigenvalue weighted by Crippen LogP contribution is 2.39. The summed E-state index contributed by atoms with van der Waals surface area (Å²) in [6, 6.07) is 7.23. The molecule has 6 rings (SSSR count). The second-order valence-corrected chi connectivity index (χ2v) is 14.4. The molecule has 0 saturated carbocycles. The average Bonchev–Trinajstić information content (AvgIpc) is 3.21. The molecule has 0 bridgehead atoms. The van der Waals surface area contributed by atoms with Crippen molar-refractivity contribution in [1.82, 2.24) is 0 Å². The van der Waals surface area contributed by atoms with Crippen molar-refractivity contribution in [2.45, 2.75) is 106 Å². The van der Waals surface area contributed by atoms with E-state index in [0.717, 1.165) is 12.1 Å². The molecule has 4 heterocycles. The summed E-state index contributed by atoms with van der Waals surface area (Å²) in [5.41, 5.74) is -1.24. The Kier molecular flexibility index (Phi) is 13.6. The van der Waals surface area contributed by atoms with Crippen molar-refractivity contribution in [2.75, 3.05) is 19.8 Å². The van der Waals surface area contributed by atoms with Crippen molar-refractivity contribution < 1.29 is 104 Å². The van der Waals surface area contributed by atoms with Crippen LogP contribution in [0.1, 0.15) is 13.8 Å². The third-order valence-electron chi connectivity index (χ3n) is 10.2. The maximum Gasteiger partial charge on any atom is 0.311 e. The highest BCUT2D eigenvalue weighted by Gasteiger charge is 2.51. The molecule has 3 aliphatic rings. The van der Waals surface area contributed by atoms with Gasteiger partial charge in [0.05, 0.1) is 25.2 Å². The minimum atomic E-state index is -2.02. The lowest BCUT2D eigenvalue weighted by atomic mass is 9.97. The van der Waals surface area contributed by atoms with Gasteiger partial charge in [0.15, 0.2) is 12.1 Å². The summed E-state index contributed by atoms with van der Waals surface area (Å²) in [5.74, 6) is -3.92. The van der Waals surface area contributed by atoms with Gasteiger partial charge in [-0.2, -0.15) is 0 Å². The van der Waals surface area contributed by atoms with Gasteiger partial charge in [0.2, 0.25) is 23.8 Å². The summed E-state index contributed by atoms with van der Waals surface area (Å²) in [6.45, 7) is 0.854. The van der Waals surface area contributed by atoms with Crippen LogP contribution in [0.25, 0.3) is 22.3 Å². The molecule has 326 valence electrons. The fourth-order valence-electron chi connectivity index (χ4n) is 6.64. The maximum absolute atomic E-state index is 14.1. The molecule has 0 amide bonds. The standard InChI is InChI=1S/C37H46O22/c1-12(9-38)34(51)52-11-20-23(43)26(46)29(49)37(57-20)58-31-13(2)53-35(30(50)27(31)47)59-33-24(44)21-17(41)7-16(54-36-28(48)25(45)22(42)19(10-39)56-36)8-18(21)55-32(33)14-3-5-15(40)6-4-14/h3-8,12-13,19-20,22-23,25-31,35-43,45-50H,9-11H2,1-2H3/t12?,13-,19+,20+,22+,23+,25-,26-,27-,28+,29+,30+,31-,35-,36+,37-/m0/s1. The molecule has 12 N–H and O–H groups in total. The predicted octanol–water partition coefficient (Wildman–Crippen LogP) is -3.74. The molecule has 3 aliphatic heterocycles. The zero-order valence-corrected chi connectivity index (χ0v) is 31.3. The number of fused-ring (bicyclic) bond motifs is 1. The van der Waals surface area contributed by atoms with Crippen molar-refractivity contribution in [3.05, 3.63) is 46.6 Å². The normalized spacial score (nSPS) is 35.6. The van der Waals surface area contributed by atoms with E-state index in [9.17, 15) is 70.9 Å². The van der Waals surface area contributed by atoms with Gasteiger partial charge < -0.3 is 98.9 Å². The van der Waals surface area contributed by atoms with Gasteiger partial charge in [-0.05, 0) is 38.1 Å². The Balaban J connectivity index is 1.25. The van der Waals surface area contributed by atoms with Gasteiger partial charge in [-0.3, -0.25) is 9.59 Å². The first-order valence-corrected chi connectivity index (χ1v) is 18.4. The van der Waals surface area contributed by atoms with Crippen molar-refractivity contribution >= 4 is 16.9 Å². The van der Waals surface area contributed by atoms with Crippen molar-refractivity contribution in [1.29, 1.82) is 0 Å². The van der Waals surface area contributed by atoms with Crippen LogP contribution in [0, 0.1) is 5.92 Å². The molecule has 0 spiro atoms. The van der Waals surface area contributed by atoms with Gasteiger partial charge in [-0.1, -0.05) is 0 Å². The van der Waals surface area contributed by atoms with Crippen LogP contribution in [0.4, 0.5) is 0 Å². The first-order valence-electron chi connectivity index (χ1n) is 18.4. The topological polar surface area (TPSA) is 355 Å². The molecule has 1 unspecified atom stereocenters. The number of hydrogen-bond donors (Lipinski definition) is 12. The molecule has 16 atom stereocenters. The van der Waals surface area contributed by atoms with E-state index in [0.29, 0.717) is 0 Å². The van der Waals surface area contributed by atoms with Crippen LogP contribution in [0.2, 0.25) is 0 Å². The van der Waals surface area contributed by atoms with E-state index in [1.54, 1.807) is 0 Å². The van der Waals surface area contributed by atoms with Crippen LogP contribution < -0.4 is 14.9 Å². The molecule has 3 fully saturated rings. The number of hydrogen-bond acceptors (Lipinski definition) is 22. The number of carbonyl (C=O) groups is 1. The Bertz CT molecular complexity index is 1970. The van der Waals surface area contributed by atoms with Crippen LogP contribution >= 0.6 is 0 Å². The summed E-state index contributed by atoms with van der Waals surface area (Å²) >= 11 is 0. The second kappa shape index (κ2) is 18.2. The zero-order chi connectivity index (χ0) is 43.0. The van der Waals surface area contributed by atoms with Crippen molar-refractivity contribution in [3.8, 4) is 34.3 Å². The molecule has 22 nitrogen and oxygen atoms in total. The second-order valence-electron chi connectivity index (χ2n) is 14.4. The molecular weight excluding hydrogens is 796 g/mol. The van der Waals surface area contributed by atoms with E-state index in [1.165, 1.54) is 38.1 Å². The number of carbonyl (C=O) groups excluding carboxylic acids is 1. The van der Waals surface area contributed by atoms with Crippen LogP contribution in [0.3, 0.4) is 0 Å². The predicted molar refractivity (Wildman–Crippen MR) is 191 cm³/mol. The SMILES string of the molecule is CC(CO)C(=O)OC[C@H]1O[C@@H](O[C@@H]2[C@@H](O)[C@@H](O)[C@H](Oc3c(-c4ccc(O)cc4)oc4cc(O[C@@H]5O[C@H](CO)[C@@H](O)[C@H](O)[C@H]5O)cc(O)c4c3=O)O[C@H]2C)[C@H](O)[C@@H](O)[C@@H]1O. The van der Waals surface area contributed by atoms with E-state index >= 15 is 0 Å². The number of aromatic hydroxyl groups is 2. The molecule has 3 aromatic rings. The monoisotopic (exact) mass is 842 g/mol. The lowest BCUT2D eigenvalue weighted by Crippen LogP contribution is -2.64. The van der Waals surface area contributed by atoms with Crippen molar-refractivity contribution in [3.63, 3.8) is 0 Å². The van der Waals surface area contributed by atoms with E-state index in [1.807, 2.05) is 0 Å². The molecule has 0 radical (unpaired) electrons. The third kappa shape index (κ3) is 8.96.